The number of hydrazone groups is 1. The molecular formula is C13H10BrN3O5. The van der Waals surface area contributed by atoms with Gasteiger partial charge in [-0.25, -0.2) is 5.43 Å². The van der Waals surface area contributed by atoms with Crippen LogP contribution in [0.1, 0.15) is 5.76 Å². The number of para-hydroxylation sites is 2. The van der Waals surface area contributed by atoms with Gasteiger partial charge in [0.1, 0.15) is 5.76 Å². The molecule has 9 heteroatoms. The molecule has 0 bridgehead atoms. The summed E-state index contributed by atoms with van der Waals surface area (Å²) >= 11 is 3.13. The lowest BCUT2D eigenvalue weighted by molar-refractivity contribution is -0.385. The number of nitro benzene ring substituents is 1. The Balaban J connectivity index is 1.85. The largest absolute Gasteiger partial charge is 0.477 e. The van der Waals surface area contributed by atoms with E-state index in [2.05, 4.69) is 26.5 Å². The van der Waals surface area contributed by atoms with Gasteiger partial charge in [-0.15, -0.1) is 0 Å². The number of hydrogen-bond acceptors (Lipinski definition) is 6. The number of benzene rings is 1. The number of halogens is 1. The molecule has 0 unspecified atom stereocenters. The molecule has 0 radical (unpaired) electrons. The Morgan fingerprint density at radius 2 is 2.18 bits per heavy atom. The van der Waals surface area contributed by atoms with Gasteiger partial charge in [0.25, 0.3) is 5.91 Å². The maximum absolute atomic E-state index is 11.5. The Morgan fingerprint density at radius 3 is 2.86 bits per heavy atom. The molecule has 1 amide bonds. The molecule has 0 aliphatic heterocycles. The molecule has 2 rings (SSSR count). The smallest absolute Gasteiger partial charge is 0.310 e. The second-order valence-electron chi connectivity index (χ2n) is 3.95. The number of carbonyl (C=O) groups is 1. The van der Waals surface area contributed by atoms with Gasteiger partial charge in [-0.1, -0.05) is 12.1 Å². The van der Waals surface area contributed by atoms with E-state index >= 15 is 0 Å². The van der Waals surface area contributed by atoms with Crippen LogP contribution in [0.3, 0.4) is 0 Å². The van der Waals surface area contributed by atoms with Crippen molar-refractivity contribution >= 4 is 33.7 Å². The van der Waals surface area contributed by atoms with Crippen LogP contribution in [0.2, 0.25) is 0 Å². The fraction of sp³-hybridized carbons (Fsp3) is 0.0769. The Kier molecular flexibility index (Phi) is 5.26. The predicted molar refractivity (Wildman–Crippen MR) is 80.7 cm³/mol. The van der Waals surface area contributed by atoms with E-state index in [0.29, 0.717) is 10.4 Å². The molecule has 8 nitrogen and oxygen atoms in total. The van der Waals surface area contributed by atoms with Crippen LogP contribution < -0.4 is 10.2 Å². The van der Waals surface area contributed by atoms with E-state index in [4.69, 9.17) is 9.15 Å². The summed E-state index contributed by atoms with van der Waals surface area (Å²) in [6.45, 7) is -0.399. The number of hydrogen-bond donors (Lipinski definition) is 1. The van der Waals surface area contributed by atoms with Crippen molar-refractivity contribution in [2.45, 2.75) is 0 Å². The summed E-state index contributed by atoms with van der Waals surface area (Å²) in [5.41, 5.74) is 2.01. The minimum atomic E-state index is -0.583. The van der Waals surface area contributed by atoms with E-state index in [-0.39, 0.29) is 11.4 Å². The van der Waals surface area contributed by atoms with Crippen molar-refractivity contribution in [3.63, 3.8) is 0 Å². The van der Waals surface area contributed by atoms with Crippen LogP contribution in [0.5, 0.6) is 5.75 Å². The molecule has 1 aromatic carbocycles. The molecule has 0 saturated heterocycles. The first-order chi connectivity index (χ1) is 10.6. The highest BCUT2D eigenvalue weighted by molar-refractivity contribution is 9.10. The Hall–Kier alpha value is -2.68. The molecule has 0 saturated carbocycles. The zero-order valence-electron chi connectivity index (χ0n) is 11.1. The van der Waals surface area contributed by atoms with Gasteiger partial charge in [-0.05, 0) is 34.1 Å². The molecule has 0 aliphatic rings. The van der Waals surface area contributed by atoms with Crippen LogP contribution in [0, 0.1) is 10.1 Å². The summed E-state index contributed by atoms with van der Waals surface area (Å²) in [6, 6.07) is 9.13. The molecule has 0 aliphatic carbocycles. The minimum Gasteiger partial charge on any atom is -0.477 e. The fourth-order valence-corrected chi connectivity index (χ4v) is 1.79. The van der Waals surface area contributed by atoms with E-state index in [9.17, 15) is 14.9 Å². The maximum atomic E-state index is 11.5. The van der Waals surface area contributed by atoms with Gasteiger partial charge in [-0.3, -0.25) is 14.9 Å². The van der Waals surface area contributed by atoms with Crippen molar-refractivity contribution in [2.75, 3.05) is 6.61 Å². The SMILES string of the molecule is O=C(COc1ccccc1[N+](=O)[O-])N/N=C/c1ccc(Br)o1. The summed E-state index contributed by atoms with van der Waals surface area (Å²) in [5.74, 6) is -0.0894. The average molecular weight is 368 g/mol. The van der Waals surface area contributed by atoms with E-state index in [1.54, 1.807) is 18.2 Å². The Morgan fingerprint density at radius 1 is 1.41 bits per heavy atom. The first-order valence-corrected chi connectivity index (χ1v) is 6.79. The summed E-state index contributed by atoms with van der Waals surface area (Å²) < 4.78 is 10.8. The van der Waals surface area contributed by atoms with E-state index in [1.165, 1.54) is 24.4 Å². The molecule has 0 fully saturated rings. The van der Waals surface area contributed by atoms with Gasteiger partial charge < -0.3 is 9.15 Å². The number of carbonyl (C=O) groups excluding carboxylic acids is 1. The van der Waals surface area contributed by atoms with Gasteiger partial charge in [-0.2, -0.15) is 5.10 Å². The van der Waals surface area contributed by atoms with Crippen molar-refractivity contribution in [1.82, 2.24) is 5.43 Å². The second-order valence-corrected chi connectivity index (χ2v) is 4.73. The third-order valence-corrected chi connectivity index (χ3v) is 2.82. The summed E-state index contributed by atoms with van der Waals surface area (Å²) in [5, 5.41) is 14.5. The van der Waals surface area contributed by atoms with Crippen LogP contribution >= 0.6 is 15.9 Å². The van der Waals surface area contributed by atoms with E-state index < -0.39 is 17.4 Å². The van der Waals surface area contributed by atoms with E-state index in [1.807, 2.05) is 0 Å². The number of rotatable bonds is 6. The van der Waals surface area contributed by atoms with Crippen LogP contribution in [0.25, 0.3) is 0 Å². The number of ether oxygens (including phenoxy) is 1. The van der Waals surface area contributed by atoms with Crippen LogP contribution in [-0.4, -0.2) is 23.7 Å². The monoisotopic (exact) mass is 367 g/mol. The molecule has 114 valence electrons. The quantitative estimate of drug-likeness (QED) is 0.479. The van der Waals surface area contributed by atoms with Crippen LogP contribution in [-0.2, 0) is 4.79 Å². The van der Waals surface area contributed by atoms with Gasteiger partial charge in [0.05, 0.1) is 11.1 Å². The topological polar surface area (TPSA) is 107 Å². The van der Waals surface area contributed by atoms with Gasteiger partial charge in [0.2, 0.25) is 0 Å². The number of nitro groups is 1. The zero-order chi connectivity index (χ0) is 15.9. The summed E-state index contributed by atoms with van der Waals surface area (Å²) in [6.07, 6.45) is 1.31. The predicted octanol–water partition coefficient (Wildman–Crippen LogP) is 2.48. The fourth-order valence-electron chi connectivity index (χ4n) is 1.47. The van der Waals surface area contributed by atoms with E-state index in [0.717, 1.165) is 0 Å². The third-order valence-electron chi connectivity index (χ3n) is 2.40. The lowest BCUT2D eigenvalue weighted by Gasteiger charge is -2.05. The van der Waals surface area contributed by atoms with Gasteiger partial charge in [0, 0.05) is 6.07 Å². The standard InChI is InChI=1S/C13H10BrN3O5/c14-12-6-5-9(22-12)7-15-16-13(18)8-21-11-4-2-1-3-10(11)17(19)20/h1-7H,8H2,(H,16,18)/b15-7+. The van der Waals surface area contributed by atoms with Crippen molar-refractivity contribution in [1.29, 1.82) is 0 Å². The Bertz CT molecular complexity index is 713. The summed E-state index contributed by atoms with van der Waals surface area (Å²) in [4.78, 5) is 21.7. The lowest BCUT2D eigenvalue weighted by atomic mass is 10.3. The highest BCUT2D eigenvalue weighted by atomic mass is 79.9. The second kappa shape index (κ2) is 7.36. The van der Waals surface area contributed by atoms with Crippen molar-refractivity contribution < 1.29 is 18.9 Å². The van der Waals surface area contributed by atoms with Crippen LogP contribution in [0.4, 0.5) is 5.69 Å². The molecule has 0 atom stereocenters. The molecular weight excluding hydrogens is 358 g/mol. The number of nitrogens with zero attached hydrogens (tertiary/aromatic N) is 2. The molecule has 0 spiro atoms. The van der Waals surface area contributed by atoms with Crippen molar-refractivity contribution in [3.8, 4) is 5.75 Å². The number of furan rings is 1. The maximum Gasteiger partial charge on any atom is 0.310 e. The first kappa shape index (κ1) is 15.7. The normalized spacial score (nSPS) is 10.6. The zero-order valence-corrected chi connectivity index (χ0v) is 12.6. The highest BCUT2D eigenvalue weighted by Gasteiger charge is 2.14. The highest BCUT2D eigenvalue weighted by Crippen LogP contribution is 2.25. The van der Waals surface area contributed by atoms with Gasteiger partial charge in [0.15, 0.2) is 17.0 Å². The van der Waals surface area contributed by atoms with Gasteiger partial charge >= 0.3 is 5.69 Å². The molecule has 1 aromatic heterocycles. The molecule has 22 heavy (non-hydrogen) atoms. The molecule has 2 aromatic rings. The lowest BCUT2D eigenvalue weighted by Crippen LogP contribution is -2.24. The minimum absolute atomic E-state index is 0.0154. The van der Waals surface area contributed by atoms with Crippen LogP contribution in [0.15, 0.2) is 50.6 Å². The number of nitrogens with one attached hydrogen (secondary N) is 1. The first-order valence-electron chi connectivity index (χ1n) is 5.99. The molecule has 1 heterocycles. The number of amides is 1. The summed E-state index contributed by atoms with van der Waals surface area (Å²) in [7, 11) is 0. The van der Waals surface area contributed by atoms with Crippen molar-refractivity contribution in [3.05, 3.63) is 56.9 Å². The molecule has 1 N–H and O–H groups in total. The van der Waals surface area contributed by atoms with Crippen molar-refractivity contribution in [2.24, 2.45) is 5.10 Å². The Labute approximate surface area is 133 Å². The average Bonchev–Trinajstić information content (AvgIpc) is 2.91. The third kappa shape index (κ3) is 4.42.